The van der Waals surface area contributed by atoms with Gasteiger partial charge in [-0.3, -0.25) is 0 Å². The number of rotatable bonds is 4. The first kappa shape index (κ1) is 14.9. The summed E-state index contributed by atoms with van der Waals surface area (Å²) in [6.07, 6.45) is 5.68. The van der Waals surface area contributed by atoms with Gasteiger partial charge in [-0.2, -0.15) is 4.99 Å². The van der Waals surface area contributed by atoms with Gasteiger partial charge in [0.15, 0.2) is 0 Å². The Hall–Kier alpha value is -2.55. The monoisotopic (exact) mass is 286 g/mol. The van der Waals surface area contributed by atoms with E-state index in [0.29, 0.717) is 24.1 Å². The Balaban J connectivity index is 1.90. The van der Waals surface area contributed by atoms with Crippen LogP contribution in [-0.2, 0) is 14.3 Å². The Bertz CT molecular complexity index is 591. The molecular weight excluding hydrogens is 272 g/mol. The molecule has 0 atom stereocenters. The van der Waals surface area contributed by atoms with E-state index in [1.54, 1.807) is 30.3 Å². The van der Waals surface area contributed by atoms with Crippen molar-refractivity contribution in [2.45, 2.75) is 37.8 Å². The molecule has 0 amide bonds. The summed E-state index contributed by atoms with van der Waals surface area (Å²) in [7, 11) is 0. The third-order valence-electron chi connectivity index (χ3n) is 3.43. The molecule has 1 fully saturated rings. The van der Waals surface area contributed by atoms with Gasteiger partial charge in [0.1, 0.15) is 6.10 Å². The smallest absolute Gasteiger partial charge is 0.338 e. The maximum absolute atomic E-state index is 12.0. The van der Waals surface area contributed by atoms with Crippen molar-refractivity contribution in [3.05, 3.63) is 29.8 Å². The van der Waals surface area contributed by atoms with E-state index >= 15 is 0 Å². The highest BCUT2D eigenvalue weighted by Gasteiger charge is 2.24. The van der Waals surface area contributed by atoms with Gasteiger partial charge in [0.25, 0.3) is 0 Å². The van der Waals surface area contributed by atoms with E-state index in [2.05, 4.69) is 9.98 Å². The topological polar surface area (TPSA) is 85.2 Å². The van der Waals surface area contributed by atoms with Crippen LogP contribution < -0.4 is 0 Å². The molecule has 0 heterocycles. The lowest BCUT2D eigenvalue weighted by atomic mass is 9.93. The molecule has 0 N–H and O–H groups in total. The van der Waals surface area contributed by atoms with Gasteiger partial charge >= 0.3 is 5.97 Å². The first-order valence-electron chi connectivity index (χ1n) is 6.69. The largest absolute Gasteiger partial charge is 0.459 e. The molecule has 1 aromatic rings. The molecule has 1 aliphatic rings. The number of carbonyl (C=O) groups excluding carboxylic acids is 3. The van der Waals surface area contributed by atoms with Crippen LogP contribution in [0.1, 0.15) is 36.0 Å². The van der Waals surface area contributed by atoms with E-state index in [-0.39, 0.29) is 12.1 Å². The van der Waals surface area contributed by atoms with Crippen LogP contribution in [-0.4, -0.2) is 30.3 Å². The van der Waals surface area contributed by atoms with E-state index in [4.69, 9.17) is 4.74 Å². The summed E-state index contributed by atoms with van der Waals surface area (Å²) >= 11 is 0. The highest BCUT2D eigenvalue weighted by atomic mass is 16.5. The van der Waals surface area contributed by atoms with Crippen molar-refractivity contribution in [2.24, 2.45) is 9.98 Å². The molecule has 0 aromatic heterocycles. The van der Waals surface area contributed by atoms with E-state index in [1.165, 1.54) is 6.08 Å². The maximum atomic E-state index is 12.0. The first-order valence-corrected chi connectivity index (χ1v) is 6.69. The summed E-state index contributed by atoms with van der Waals surface area (Å²) in [5, 5.41) is 0. The van der Waals surface area contributed by atoms with Crippen LogP contribution in [0.15, 0.2) is 34.3 Å². The quantitative estimate of drug-likeness (QED) is 0.483. The van der Waals surface area contributed by atoms with Crippen LogP contribution in [0.3, 0.4) is 0 Å². The minimum absolute atomic E-state index is 0.00191. The minimum atomic E-state index is -0.404. The molecule has 0 saturated heterocycles. The number of carbonyl (C=O) groups is 1. The van der Waals surface area contributed by atoms with Crippen molar-refractivity contribution in [3.8, 4) is 0 Å². The van der Waals surface area contributed by atoms with Crippen LogP contribution >= 0.6 is 0 Å². The summed E-state index contributed by atoms with van der Waals surface area (Å²) in [4.78, 5) is 39.4. The normalized spacial score (nSPS) is 20.8. The van der Waals surface area contributed by atoms with E-state index in [1.807, 2.05) is 0 Å². The van der Waals surface area contributed by atoms with Crippen LogP contribution in [0, 0.1) is 0 Å². The summed E-state index contributed by atoms with van der Waals surface area (Å²) in [6.45, 7) is 0. The van der Waals surface area contributed by atoms with Crippen molar-refractivity contribution in [1.29, 1.82) is 0 Å². The fourth-order valence-electron chi connectivity index (χ4n) is 2.31. The molecule has 0 unspecified atom stereocenters. The van der Waals surface area contributed by atoms with E-state index in [9.17, 15) is 14.4 Å². The summed E-state index contributed by atoms with van der Waals surface area (Å²) in [5.74, 6) is -0.404. The SMILES string of the molecule is O=C=Nc1ccc(C(=O)OC2CCC(N=C=O)CC2)cc1. The molecule has 1 aromatic carbocycles. The van der Waals surface area contributed by atoms with E-state index < -0.39 is 5.97 Å². The van der Waals surface area contributed by atoms with Crippen molar-refractivity contribution < 1.29 is 19.1 Å². The standard InChI is InChI=1S/C15H14N2O4/c18-9-16-12-3-1-11(2-4-12)15(20)21-14-7-5-13(6-8-14)17-10-19/h1-4,13-14H,5-8H2. The van der Waals surface area contributed by atoms with Gasteiger partial charge in [-0.1, -0.05) is 0 Å². The Labute approximate surface area is 121 Å². The van der Waals surface area contributed by atoms with Crippen molar-refractivity contribution >= 4 is 23.8 Å². The molecule has 6 nitrogen and oxygen atoms in total. The molecule has 1 saturated carbocycles. The summed E-state index contributed by atoms with van der Waals surface area (Å²) < 4.78 is 5.42. The summed E-state index contributed by atoms with van der Waals surface area (Å²) in [6, 6.07) is 6.22. The number of hydrogen-bond acceptors (Lipinski definition) is 6. The third kappa shape index (κ3) is 4.21. The second-order valence-electron chi connectivity index (χ2n) is 4.81. The zero-order valence-corrected chi connectivity index (χ0v) is 11.3. The second kappa shape index (κ2) is 7.29. The van der Waals surface area contributed by atoms with E-state index in [0.717, 1.165) is 12.8 Å². The highest BCUT2D eigenvalue weighted by molar-refractivity contribution is 5.89. The lowest BCUT2D eigenvalue weighted by Gasteiger charge is -2.25. The highest BCUT2D eigenvalue weighted by Crippen LogP contribution is 2.24. The lowest BCUT2D eigenvalue weighted by Crippen LogP contribution is -2.26. The number of ether oxygens (including phenoxy) is 1. The zero-order valence-electron chi connectivity index (χ0n) is 11.3. The molecule has 0 radical (unpaired) electrons. The second-order valence-corrected chi connectivity index (χ2v) is 4.81. The number of hydrogen-bond donors (Lipinski definition) is 0. The minimum Gasteiger partial charge on any atom is -0.459 e. The number of isocyanates is 2. The Morgan fingerprint density at radius 2 is 1.71 bits per heavy atom. The van der Waals surface area contributed by atoms with Crippen molar-refractivity contribution in [1.82, 2.24) is 0 Å². The van der Waals surface area contributed by atoms with Crippen LogP contribution in [0.5, 0.6) is 0 Å². The average Bonchev–Trinajstić information content (AvgIpc) is 2.50. The van der Waals surface area contributed by atoms with Gasteiger partial charge in [-0.25, -0.2) is 19.4 Å². The van der Waals surface area contributed by atoms with Gasteiger partial charge in [0.2, 0.25) is 12.2 Å². The molecule has 0 aliphatic heterocycles. The predicted octanol–water partition coefficient (Wildman–Crippen LogP) is 2.46. The van der Waals surface area contributed by atoms with Gasteiger partial charge in [0, 0.05) is 0 Å². The predicted molar refractivity (Wildman–Crippen MR) is 73.8 cm³/mol. The Kier molecular flexibility index (Phi) is 5.16. The first-order chi connectivity index (χ1) is 10.2. The number of esters is 1. The van der Waals surface area contributed by atoms with Crippen LogP contribution in [0.25, 0.3) is 0 Å². The summed E-state index contributed by atoms with van der Waals surface area (Å²) in [5.41, 5.74) is 0.849. The Morgan fingerprint density at radius 1 is 1.05 bits per heavy atom. The number of aliphatic imine (C=N–C) groups is 2. The molecule has 108 valence electrons. The van der Waals surface area contributed by atoms with Gasteiger partial charge < -0.3 is 4.74 Å². The number of benzene rings is 1. The van der Waals surface area contributed by atoms with Gasteiger partial charge in [0.05, 0.1) is 17.3 Å². The molecule has 0 spiro atoms. The fourth-order valence-corrected chi connectivity index (χ4v) is 2.31. The molecular formula is C15H14N2O4. The van der Waals surface area contributed by atoms with Crippen LogP contribution in [0.4, 0.5) is 5.69 Å². The molecule has 6 heteroatoms. The van der Waals surface area contributed by atoms with Gasteiger partial charge in [-0.05, 0) is 49.9 Å². The molecule has 0 bridgehead atoms. The maximum Gasteiger partial charge on any atom is 0.338 e. The zero-order chi connectivity index (χ0) is 15.1. The molecule has 21 heavy (non-hydrogen) atoms. The average molecular weight is 286 g/mol. The number of nitrogens with zero attached hydrogens (tertiary/aromatic N) is 2. The van der Waals surface area contributed by atoms with Gasteiger partial charge in [-0.15, -0.1) is 0 Å². The third-order valence-corrected chi connectivity index (χ3v) is 3.43. The Morgan fingerprint density at radius 3 is 2.29 bits per heavy atom. The fraction of sp³-hybridized carbons (Fsp3) is 0.400. The molecule has 1 aliphatic carbocycles. The van der Waals surface area contributed by atoms with Crippen molar-refractivity contribution in [3.63, 3.8) is 0 Å². The lowest BCUT2D eigenvalue weighted by molar-refractivity contribution is 0.0198. The van der Waals surface area contributed by atoms with Crippen molar-refractivity contribution in [2.75, 3.05) is 0 Å². The van der Waals surface area contributed by atoms with Crippen LogP contribution in [0.2, 0.25) is 0 Å². The molecule has 2 rings (SSSR count).